The fourth-order valence-electron chi connectivity index (χ4n) is 2.59. The molecule has 1 aromatic carbocycles. The molecule has 0 aliphatic carbocycles. The second-order valence-electron chi connectivity index (χ2n) is 5.02. The number of thioether (sulfide) groups is 1. The lowest BCUT2D eigenvalue weighted by Gasteiger charge is -2.33. The average molecular weight is 276 g/mol. The van der Waals surface area contributed by atoms with Gasteiger partial charge in [0.15, 0.2) is 0 Å². The second kappa shape index (κ2) is 4.89. The molecule has 2 aliphatic rings. The van der Waals surface area contributed by atoms with E-state index in [1.807, 2.05) is 23.9 Å². The van der Waals surface area contributed by atoms with Gasteiger partial charge in [0, 0.05) is 43.2 Å². The molecule has 0 bridgehead atoms. The molecule has 2 heterocycles. The smallest absolute Gasteiger partial charge is 0.312 e. The molecular weight excluding hydrogens is 260 g/mol. The molecule has 1 aromatic rings. The summed E-state index contributed by atoms with van der Waals surface area (Å²) < 4.78 is 0. The van der Waals surface area contributed by atoms with Gasteiger partial charge in [0.2, 0.25) is 0 Å². The number of carbonyl (C=O) groups is 2. The van der Waals surface area contributed by atoms with Gasteiger partial charge in [-0.25, -0.2) is 0 Å². The standard InChI is InChI=1S/C14H16N2O2S/c1-15-6-7-16(14(18)13(15)17)8-10-9-19-12-5-3-2-4-11(10)12/h2-5,10H,6-9H2,1H3. The van der Waals surface area contributed by atoms with Gasteiger partial charge in [-0.05, 0) is 11.6 Å². The fraction of sp³-hybridized carbons (Fsp3) is 0.429. The van der Waals surface area contributed by atoms with E-state index in [1.165, 1.54) is 15.4 Å². The first kappa shape index (κ1) is 12.5. The van der Waals surface area contributed by atoms with Gasteiger partial charge in [0.25, 0.3) is 0 Å². The summed E-state index contributed by atoms with van der Waals surface area (Å²) in [5, 5.41) is 0. The topological polar surface area (TPSA) is 40.6 Å². The predicted octanol–water partition coefficient (Wildman–Crippen LogP) is 1.18. The van der Waals surface area contributed by atoms with Gasteiger partial charge >= 0.3 is 11.8 Å². The summed E-state index contributed by atoms with van der Waals surface area (Å²) in [7, 11) is 1.68. The maximum atomic E-state index is 12.0. The summed E-state index contributed by atoms with van der Waals surface area (Å²) in [6, 6.07) is 8.33. The molecule has 3 rings (SSSR count). The van der Waals surface area contributed by atoms with Gasteiger partial charge in [-0.2, -0.15) is 0 Å². The van der Waals surface area contributed by atoms with Gasteiger partial charge in [-0.3, -0.25) is 9.59 Å². The lowest BCUT2D eigenvalue weighted by atomic mass is 10.0. The molecule has 5 heteroatoms. The summed E-state index contributed by atoms with van der Waals surface area (Å²) >= 11 is 1.83. The maximum Gasteiger partial charge on any atom is 0.312 e. The molecule has 2 amide bonds. The van der Waals surface area contributed by atoms with Crippen LogP contribution in [0.3, 0.4) is 0 Å². The largest absolute Gasteiger partial charge is 0.336 e. The van der Waals surface area contributed by atoms with Gasteiger partial charge in [0.1, 0.15) is 0 Å². The van der Waals surface area contributed by atoms with E-state index in [-0.39, 0.29) is 11.8 Å². The van der Waals surface area contributed by atoms with E-state index in [4.69, 9.17) is 0 Å². The average Bonchev–Trinajstić information content (AvgIpc) is 2.83. The summed E-state index contributed by atoms with van der Waals surface area (Å²) in [5.74, 6) is 0.599. The van der Waals surface area contributed by atoms with Crippen LogP contribution in [0.4, 0.5) is 0 Å². The van der Waals surface area contributed by atoms with E-state index in [1.54, 1.807) is 11.9 Å². The third kappa shape index (κ3) is 2.23. The highest BCUT2D eigenvalue weighted by Crippen LogP contribution is 2.39. The van der Waals surface area contributed by atoms with E-state index in [9.17, 15) is 9.59 Å². The van der Waals surface area contributed by atoms with Gasteiger partial charge in [-0.1, -0.05) is 18.2 Å². The molecule has 0 spiro atoms. The minimum atomic E-state index is -0.384. The van der Waals surface area contributed by atoms with Crippen molar-refractivity contribution < 1.29 is 9.59 Å². The highest BCUT2D eigenvalue weighted by atomic mass is 32.2. The number of rotatable bonds is 2. The van der Waals surface area contributed by atoms with Gasteiger partial charge in [-0.15, -0.1) is 11.8 Å². The molecule has 1 atom stereocenters. The quantitative estimate of drug-likeness (QED) is 0.762. The van der Waals surface area contributed by atoms with Crippen LogP contribution in [0.2, 0.25) is 0 Å². The Morgan fingerprint density at radius 2 is 2.00 bits per heavy atom. The summed E-state index contributed by atoms with van der Waals surface area (Å²) in [6.45, 7) is 1.93. The van der Waals surface area contributed by atoms with E-state index in [0.717, 1.165) is 5.75 Å². The van der Waals surface area contributed by atoms with Crippen molar-refractivity contribution in [2.24, 2.45) is 0 Å². The van der Waals surface area contributed by atoms with Crippen LogP contribution in [-0.2, 0) is 9.59 Å². The van der Waals surface area contributed by atoms with Crippen LogP contribution >= 0.6 is 11.8 Å². The van der Waals surface area contributed by atoms with Gasteiger partial charge < -0.3 is 9.80 Å². The molecule has 2 aliphatic heterocycles. The molecule has 100 valence electrons. The predicted molar refractivity (Wildman–Crippen MR) is 74.1 cm³/mol. The Morgan fingerprint density at radius 1 is 1.21 bits per heavy atom. The Hall–Kier alpha value is -1.49. The third-order valence-electron chi connectivity index (χ3n) is 3.76. The molecule has 1 unspecified atom stereocenters. The Kier molecular flexibility index (Phi) is 3.22. The van der Waals surface area contributed by atoms with Crippen molar-refractivity contribution in [1.29, 1.82) is 0 Å². The third-order valence-corrected chi connectivity index (χ3v) is 5.01. The molecule has 19 heavy (non-hydrogen) atoms. The summed E-state index contributed by atoms with van der Waals surface area (Å²) in [6.07, 6.45) is 0. The summed E-state index contributed by atoms with van der Waals surface area (Å²) in [5.41, 5.74) is 1.31. The number of hydrogen-bond donors (Lipinski definition) is 0. The zero-order chi connectivity index (χ0) is 13.4. The van der Waals surface area contributed by atoms with E-state index in [0.29, 0.717) is 25.6 Å². The Bertz CT molecular complexity index is 532. The molecule has 4 nitrogen and oxygen atoms in total. The highest BCUT2D eigenvalue weighted by molar-refractivity contribution is 7.99. The number of carbonyl (C=O) groups excluding carboxylic acids is 2. The zero-order valence-corrected chi connectivity index (χ0v) is 11.7. The maximum absolute atomic E-state index is 12.0. The number of nitrogens with zero attached hydrogens (tertiary/aromatic N) is 2. The number of likely N-dealkylation sites (N-methyl/N-ethyl adjacent to an activating group) is 1. The number of hydrogen-bond acceptors (Lipinski definition) is 3. The molecular formula is C14H16N2O2S. The molecule has 0 saturated carbocycles. The van der Waals surface area contributed by atoms with Crippen molar-refractivity contribution in [1.82, 2.24) is 9.80 Å². The summed E-state index contributed by atoms with van der Waals surface area (Å²) in [4.78, 5) is 28.2. The van der Waals surface area contributed by atoms with Crippen LogP contribution in [0.5, 0.6) is 0 Å². The molecule has 0 aromatic heterocycles. The number of amides is 2. The SMILES string of the molecule is CN1CCN(CC2CSc3ccccc32)C(=O)C1=O. The van der Waals surface area contributed by atoms with E-state index < -0.39 is 0 Å². The molecule has 0 N–H and O–H groups in total. The monoisotopic (exact) mass is 276 g/mol. The van der Waals surface area contributed by atoms with Crippen LogP contribution in [0.1, 0.15) is 11.5 Å². The Balaban J connectivity index is 1.73. The number of piperazine rings is 1. The minimum absolute atomic E-state index is 0.348. The second-order valence-corrected chi connectivity index (χ2v) is 6.09. The molecule has 0 radical (unpaired) electrons. The van der Waals surface area contributed by atoms with Crippen LogP contribution in [0, 0.1) is 0 Å². The molecule has 1 fully saturated rings. The lowest BCUT2D eigenvalue weighted by molar-refractivity contribution is -0.155. The molecule has 1 saturated heterocycles. The van der Waals surface area contributed by atoms with Crippen molar-refractivity contribution in [3.8, 4) is 0 Å². The van der Waals surface area contributed by atoms with E-state index >= 15 is 0 Å². The first-order valence-corrected chi connectivity index (χ1v) is 7.41. The van der Waals surface area contributed by atoms with Crippen molar-refractivity contribution in [3.05, 3.63) is 29.8 Å². The van der Waals surface area contributed by atoms with Crippen LogP contribution in [0.25, 0.3) is 0 Å². The normalized spacial score (nSPS) is 22.9. The van der Waals surface area contributed by atoms with Crippen LogP contribution in [0.15, 0.2) is 29.2 Å². The van der Waals surface area contributed by atoms with E-state index in [2.05, 4.69) is 12.1 Å². The minimum Gasteiger partial charge on any atom is -0.336 e. The van der Waals surface area contributed by atoms with Gasteiger partial charge in [0.05, 0.1) is 0 Å². The van der Waals surface area contributed by atoms with Crippen LogP contribution < -0.4 is 0 Å². The highest BCUT2D eigenvalue weighted by Gasteiger charge is 2.33. The van der Waals surface area contributed by atoms with Crippen molar-refractivity contribution in [3.63, 3.8) is 0 Å². The number of fused-ring (bicyclic) bond motifs is 1. The van der Waals surface area contributed by atoms with Crippen molar-refractivity contribution >= 4 is 23.6 Å². The Morgan fingerprint density at radius 3 is 2.84 bits per heavy atom. The first-order valence-electron chi connectivity index (χ1n) is 6.43. The fourth-order valence-corrected chi connectivity index (χ4v) is 3.83. The zero-order valence-electron chi connectivity index (χ0n) is 10.8. The number of benzene rings is 1. The van der Waals surface area contributed by atoms with Crippen molar-refractivity contribution in [2.45, 2.75) is 10.8 Å². The van der Waals surface area contributed by atoms with Crippen molar-refractivity contribution in [2.75, 3.05) is 32.4 Å². The lowest BCUT2D eigenvalue weighted by Crippen LogP contribution is -2.53. The first-order chi connectivity index (χ1) is 9.16. The van der Waals surface area contributed by atoms with Crippen LogP contribution in [-0.4, -0.2) is 54.0 Å². The Labute approximate surface area is 116 Å².